The summed E-state index contributed by atoms with van der Waals surface area (Å²) < 4.78 is 0. The lowest BCUT2D eigenvalue weighted by atomic mass is 9.51. The van der Waals surface area contributed by atoms with Crippen molar-refractivity contribution in [1.29, 1.82) is 0 Å². The van der Waals surface area contributed by atoms with Crippen LogP contribution in [-0.4, -0.2) is 16.5 Å². The second kappa shape index (κ2) is 4.59. The summed E-state index contributed by atoms with van der Waals surface area (Å²) in [4.78, 5) is 11.6. The Morgan fingerprint density at radius 2 is 2.09 bits per heavy atom. The highest BCUT2D eigenvalue weighted by atomic mass is 16.3. The third-order valence-corrected chi connectivity index (χ3v) is 7.33. The van der Waals surface area contributed by atoms with Gasteiger partial charge in [-0.05, 0) is 68.4 Å². The minimum absolute atomic E-state index is 0.127. The molecule has 4 aliphatic rings. The van der Waals surface area contributed by atoms with Gasteiger partial charge in [0.05, 0.1) is 0 Å². The van der Waals surface area contributed by atoms with Gasteiger partial charge in [-0.15, -0.1) is 6.42 Å². The maximum absolute atomic E-state index is 11.6. The average Bonchev–Trinajstić information content (AvgIpc) is 2.79. The van der Waals surface area contributed by atoms with Gasteiger partial charge in [0.1, 0.15) is 5.60 Å². The van der Waals surface area contributed by atoms with E-state index in [9.17, 15) is 9.90 Å². The van der Waals surface area contributed by atoms with Crippen LogP contribution in [0.15, 0.2) is 23.8 Å². The van der Waals surface area contributed by atoms with Crippen LogP contribution < -0.4 is 0 Å². The summed E-state index contributed by atoms with van der Waals surface area (Å²) in [5.74, 6) is 5.11. The number of carbonyl (C=O) groups is 1. The number of ketones is 1. The second-order valence-corrected chi connectivity index (χ2v) is 7.98. The van der Waals surface area contributed by atoms with Gasteiger partial charge < -0.3 is 5.11 Å². The minimum atomic E-state index is -0.920. The molecule has 2 heteroatoms. The lowest BCUT2D eigenvalue weighted by Gasteiger charge is -2.54. The summed E-state index contributed by atoms with van der Waals surface area (Å²) in [6.07, 6.45) is 17.5. The molecule has 1 N–H and O–H groups in total. The van der Waals surface area contributed by atoms with Gasteiger partial charge in [-0.25, -0.2) is 0 Å². The molecule has 22 heavy (non-hydrogen) atoms. The van der Waals surface area contributed by atoms with E-state index in [-0.39, 0.29) is 11.2 Å². The summed E-state index contributed by atoms with van der Waals surface area (Å²) in [5, 5.41) is 10.9. The predicted molar refractivity (Wildman–Crippen MR) is 85.8 cm³/mol. The first-order valence-corrected chi connectivity index (χ1v) is 8.61. The number of terminal acetylenes is 1. The lowest BCUT2D eigenvalue weighted by molar-refractivity contribution is -0.110. The van der Waals surface area contributed by atoms with Crippen molar-refractivity contribution in [1.82, 2.24) is 0 Å². The first-order chi connectivity index (χ1) is 10.5. The van der Waals surface area contributed by atoms with Crippen LogP contribution in [0.2, 0.25) is 0 Å². The molecule has 0 heterocycles. The molecule has 0 spiro atoms. The molecular formula is C20H24O2. The molecule has 0 aliphatic heterocycles. The summed E-state index contributed by atoms with van der Waals surface area (Å²) in [7, 11) is 0. The Kier molecular flexibility index (Phi) is 2.97. The summed E-state index contributed by atoms with van der Waals surface area (Å²) in [6.45, 7) is 2.21. The molecule has 2 nitrogen and oxygen atoms in total. The van der Waals surface area contributed by atoms with Gasteiger partial charge in [0, 0.05) is 11.3 Å². The standard InChI is InChI=1S/C20H24O2/c1-3-20(22)11-9-18-17-6-4-13-12-14(21)5-7-15(13)16(17)8-10-19(18,20)2/h1,5,7,12,15-18,22H,4,6,8-11H2,2H3/t15-,16-,17+,18+,19-,20-/m0/s1. The molecule has 0 amide bonds. The zero-order chi connectivity index (χ0) is 15.5. The number of rotatable bonds is 0. The monoisotopic (exact) mass is 296 g/mol. The Morgan fingerprint density at radius 3 is 2.86 bits per heavy atom. The Morgan fingerprint density at radius 1 is 1.27 bits per heavy atom. The van der Waals surface area contributed by atoms with Gasteiger partial charge in [-0.2, -0.15) is 0 Å². The van der Waals surface area contributed by atoms with Gasteiger partial charge in [-0.3, -0.25) is 4.79 Å². The van der Waals surface area contributed by atoms with Gasteiger partial charge in [0.15, 0.2) is 5.78 Å². The normalized spacial score (nSPS) is 49.7. The lowest BCUT2D eigenvalue weighted by Crippen LogP contribution is -2.51. The van der Waals surface area contributed by atoms with Crippen molar-refractivity contribution in [3.63, 3.8) is 0 Å². The Bertz CT molecular complexity index is 622. The van der Waals surface area contributed by atoms with Gasteiger partial charge in [0.25, 0.3) is 0 Å². The number of allylic oxidation sites excluding steroid dienone is 4. The molecule has 0 unspecified atom stereocenters. The van der Waals surface area contributed by atoms with Crippen molar-refractivity contribution in [2.24, 2.45) is 29.1 Å². The van der Waals surface area contributed by atoms with Crippen LogP contribution in [0.25, 0.3) is 0 Å². The summed E-state index contributed by atoms with van der Waals surface area (Å²) in [5.41, 5.74) is 0.290. The predicted octanol–water partition coefficient (Wildman–Crippen LogP) is 3.27. The Hall–Kier alpha value is -1.33. The highest BCUT2D eigenvalue weighted by Gasteiger charge is 2.61. The van der Waals surface area contributed by atoms with Gasteiger partial charge >= 0.3 is 0 Å². The highest BCUT2D eigenvalue weighted by Crippen LogP contribution is 2.64. The third-order valence-electron chi connectivity index (χ3n) is 7.33. The summed E-state index contributed by atoms with van der Waals surface area (Å²) in [6, 6.07) is 0. The van der Waals surface area contributed by atoms with Crippen molar-refractivity contribution in [3.8, 4) is 12.3 Å². The molecule has 3 saturated carbocycles. The topological polar surface area (TPSA) is 37.3 Å². The van der Waals surface area contributed by atoms with Crippen LogP contribution in [0, 0.1) is 41.4 Å². The maximum Gasteiger partial charge on any atom is 0.178 e. The molecule has 0 bridgehead atoms. The molecule has 0 aromatic rings. The van der Waals surface area contributed by atoms with Crippen molar-refractivity contribution in [2.45, 2.75) is 51.0 Å². The molecule has 3 fully saturated rings. The first kappa shape index (κ1) is 14.3. The van der Waals surface area contributed by atoms with Crippen LogP contribution in [0.1, 0.15) is 45.4 Å². The van der Waals surface area contributed by atoms with Crippen molar-refractivity contribution in [3.05, 3.63) is 23.8 Å². The number of aliphatic hydroxyl groups is 1. The van der Waals surface area contributed by atoms with E-state index in [0.717, 1.165) is 38.5 Å². The third kappa shape index (κ3) is 1.69. The van der Waals surface area contributed by atoms with E-state index < -0.39 is 5.60 Å². The fourth-order valence-corrected chi connectivity index (χ4v) is 6.07. The summed E-state index contributed by atoms with van der Waals surface area (Å²) >= 11 is 0. The molecule has 0 radical (unpaired) electrons. The van der Waals surface area contributed by atoms with Gasteiger partial charge in [0.2, 0.25) is 0 Å². The van der Waals surface area contributed by atoms with E-state index in [1.165, 1.54) is 5.57 Å². The smallest absolute Gasteiger partial charge is 0.178 e. The fourth-order valence-electron chi connectivity index (χ4n) is 6.07. The number of carbonyl (C=O) groups excluding carboxylic acids is 1. The number of hydrogen-bond acceptors (Lipinski definition) is 2. The van der Waals surface area contributed by atoms with Crippen molar-refractivity contribution >= 4 is 5.78 Å². The van der Waals surface area contributed by atoms with Crippen LogP contribution >= 0.6 is 0 Å². The van der Waals surface area contributed by atoms with Gasteiger partial charge in [-0.1, -0.05) is 24.5 Å². The van der Waals surface area contributed by atoms with E-state index in [1.54, 1.807) is 6.08 Å². The first-order valence-electron chi connectivity index (χ1n) is 8.61. The molecule has 0 saturated heterocycles. The van der Waals surface area contributed by atoms with Crippen LogP contribution in [0.3, 0.4) is 0 Å². The SMILES string of the molecule is C#C[C@]1(O)CC[C@@H]2[C@@H]3CCC4=CC(=O)C=C[C@@H]4[C@@H]3CC[C@@]21C. The number of hydrogen-bond donors (Lipinski definition) is 1. The number of fused-ring (bicyclic) bond motifs is 5. The molecule has 0 aromatic carbocycles. The zero-order valence-electron chi connectivity index (χ0n) is 13.2. The largest absolute Gasteiger partial charge is 0.377 e. The maximum atomic E-state index is 11.6. The molecule has 6 atom stereocenters. The molecular weight excluding hydrogens is 272 g/mol. The van der Waals surface area contributed by atoms with Crippen LogP contribution in [0.5, 0.6) is 0 Å². The van der Waals surface area contributed by atoms with E-state index >= 15 is 0 Å². The Labute approximate surface area is 132 Å². The van der Waals surface area contributed by atoms with E-state index in [4.69, 9.17) is 6.42 Å². The molecule has 4 aliphatic carbocycles. The molecule has 116 valence electrons. The minimum Gasteiger partial charge on any atom is -0.377 e. The van der Waals surface area contributed by atoms with Crippen molar-refractivity contribution in [2.75, 3.05) is 0 Å². The molecule has 0 aromatic heterocycles. The average molecular weight is 296 g/mol. The van der Waals surface area contributed by atoms with Crippen LogP contribution in [0.4, 0.5) is 0 Å². The van der Waals surface area contributed by atoms with Crippen molar-refractivity contribution < 1.29 is 9.90 Å². The second-order valence-electron chi connectivity index (χ2n) is 7.98. The highest BCUT2D eigenvalue weighted by molar-refractivity contribution is 6.00. The molecule has 4 rings (SSSR count). The zero-order valence-corrected chi connectivity index (χ0v) is 13.2. The quantitative estimate of drug-likeness (QED) is 0.697. The van der Waals surface area contributed by atoms with E-state index in [1.807, 2.05) is 6.08 Å². The van der Waals surface area contributed by atoms with Crippen LogP contribution in [-0.2, 0) is 4.79 Å². The van der Waals surface area contributed by atoms with E-state index in [0.29, 0.717) is 23.7 Å². The fraction of sp³-hybridized carbons (Fsp3) is 0.650. The Balaban J connectivity index is 1.67. The van der Waals surface area contributed by atoms with E-state index in [2.05, 4.69) is 18.9 Å².